The van der Waals surface area contributed by atoms with Crippen molar-refractivity contribution in [2.45, 2.75) is 6.61 Å². The molecule has 0 saturated heterocycles. The van der Waals surface area contributed by atoms with Crippen molar-refractivity contribution in [2.75, 3.05) is 5.32 Å². The van der Waals surface area contributed by atoms with E-state index in [2.05, 4.69) is 15.3 Å². The number of nitrogens with one attached hydrogen (secondary N) is 1. The van der Waals surface area contributed by atoms with Gasteiger partial charge in [0, 0.05) is 23.3 Å². The molecular weight excluding hydrogens is 285 g/mol. The van der Waals surface area contributed by atoms with Crippen molar-refractivity contribution >= 4 is 22.5 Å². The maximum atomic E-state index is 13.7. The van der Waals surface area contributed by atoms with Crippen LogP contribution >= 0.6 is 0 Å². The topological polar surface area (TPSA) is 75.1 Å². The summed E-state index contributed by atoms with van der Waals surface area (Å²) in [7, 11) is 0. The third kappa shape index (κ3) is 2.64. The summed E-state index contributed by atoms with van der Waals surface area (Å²) in [6, 6.07) is 7.42. The largest absolute Gasteiger partial charge is 0.392 e. The van der Waals surface area contributed by atoms with Crippen molar-refractivity contribution in [3.05, 3.63) is 65.9 Å². The minimum atomic E-state index is -0.515. The van der Waals surface area contributed by atoms with Gasteiger partial charge in [-0.25, -0.2) is 4.39 Å². The Balaban J connectivity index is 2.02. The zero-order valence-corrected chi connectivity index (χ0v) is 11.5. The van der Waals surface area contributed by atoms with Gasteiger partial charge in [-0.3, -0.25) is 14.8 Å². The number of rotatable bonds is 3. The molecule has 3 rings (SSSR count). The Morgan fingerprint density at radius 1 is 1.27 bits per heavy atom. The van der Waals surface area contributed by atoms with E-state index in [-0.39, 0.29) is 12.2 Å². The van der Waals surface area contributed by atoms with E-state index in [0.717, 1.165) is 6.07 Å². The molecule has 0 fully saturated rings. The minimum absolute atomic E-state index is 0.128. The van der Waals surface area contributed by atoms with E-state index >= 15 is 0 Å². The number of carbonyl (C=O) groups is 1. The van der Waals surface area contributed by atoms with E-state index in [0.29, 0.717) is 22.2 Å². The predicted octanol–water partition coefficient (Wildman–Crippen LogP) is 2.51. The number of halogens is 1. The number of amides is 1. The van der Waals surface area contributed by atoms with Crippen LogP contribution in [0.3, 0.4) is 0 Å². The molecule has 0 bridgehead atoms. The fourth-order valence-corrected chi connectivity index (χ4v) is 2.19. The van der Waals surface area contributed by atoms with Crippen molar-refractivity contribution < 1.29 is 14.3 Å². The van der Waals surface area contributed by atoms with E-state index in [4.69, 9.17) is 0 Å². The van der Waals surface area contributed by atoms with Crippen LogP contribution in [0.25, 0.3) is 10.9 Å². The summed E-state index contributed by atoms with van der Waals surface area (Å²) in [6.45, 7) is -0.236. The minimum Gasteiger partial charge on any atom is -0.392 e. The molecule has 2 aromatic heterocycles. The van der Waals surface area contributed by atoms with Crippen LogP contribution in [0.4, 0.5) is 10.1 Å². The van der Waals surface area contributed by atoms with E-state index in [1.54, 1.807) is 24.4 Å². The van der Waals surface area contributed by atoms with Crippen LogP contribution in [-0.4, -0.2) is 21.0 Å². The highest BCUT2D eigenvalue weighted by molar-refractivity contribution is 6.12. The number of anilines is 1. The average molecular weight is 297 g/mol. The van der Waals surface area contributed by atoms with Gasteiger partial charge in [0.25, 0.3) is 5.91 Å². The maximum Gasteiger partial charge on any atom is 0.258 e. The maximum absolute atomic E-state index is 13.7. The molecule has 0 atom stereocenters. The number of hydrogen-bond donors (Lipinski definition) is 2. The number of carbonyl (C=O) groups excluding carboxylic acids is 1. The van der Waals surface area contributed by atoms with Gasteiger partial charge in [0.2, 0.25) is 0 Å². The number of aliphatic hydroxyl groups is 1. The highest BCUT2D eigenvalue weighted by Gasteiger charge is 2.14. The fraction of sp³-hybridized carbons (Fsp3) is 0.0625. The number of fused-ring (bicyclic) bond motifs is 1. The lowest BCUT2D eigenvalue weighted by atomic mass is 10.1. The fourth-order valence-electron chi connectivity index (χ4n) is 2.19. The molecule has 0 saturated carbocycles. The van der Waals surface area contributed by atoms with E-state index in [1.807, 2.05) is 0 Å². The Morgan fingerprint density at radius 2 is 2.14 bits per heavy atom. The number of aliphatic hydroxyl groups excluding tert-OH is 1. The van der Waals surface area contributed by atoms with Crippen LogP contribution in [0.15, 0.2) is 48.9 Å². The smallest absolute Gasteiger partial charge is 0.258 e. The normalized spacial score (nSPS) is 10.6. The Bertz CT molecular complexity index is 852. The van der Waals surface area contributed by atoms with E-state index < -0.39 is 11.7 Å². The molecule has 5 nitrogen and oxygen atoms in total. The standard InChI is InChI=1S/C16H12FN3O2/c17-12-6-10-2-1-4-19-15(10)13(7-12)16(22)20-14-8-18-5-3-11(14)9-21/h1-8,21H,9H2,(H,20,22). The lowest BCUT2D eigenvalue weighted by Crippen LogP contribution is -2.14. The molecule has 2 N–H and O–H groups in total. The summed E-state index contributed by atoms with van der Waals surface area (Å²) in [5.41, 5.74) is 1.44. The summed E-state index contributed by atoms with van der Waals surface area (Å²) >= 11 is 0. The molecule has 22 heavy (non-hydrogen) atoms. The van der Waals surface area contributed by atoms with Gasteiger partial charge in [0.15, 0.2) is 0 Å². The van der Waals surface area contributed by atoms with Crippen LogP contribution in [0, 0.1) is 5.82 Å². The van der Waals surface area contributed by atoms with Crippen LogP contribution in [0.1, 0.15) is 15.9 Å². The first-order chi connectivity index (χ1) is 10.7. The van der Waals surface area contributed by atoms with Gasteiger partial charge in [0.1, 0.15) is 5.82 Å². The molecule has 0 aliphatic carbocycles. The van der Waals surface area contributed by atoms with Gasteiger partial charge >= 0.3 is 0 Å². The molecule has 1 aromatic carbocycles. The summed E-state index contributed by atoms with van der Waals surface area (Å²) in [5.74, 6) is -1.02. The van der Waals surface area contributed by atoms with E-state index in [9.17, 15) is 14.3 Å². The zero-order chi connectivity index (χ0) is 15.5. The quantitative estimate of drug-likeness (QED) is 0.779. The highest BCUT2D eigenvalue weighted by Crippen LogP contribution is 2.21. The second kappa shape index (κ2) is 5.87. The zero-order valence-electron chi connectivity index (χ0n) is 11.5. The van der Waals surface area contributed by atoms with Gasteiger partial charge in [0.05, 0.1) is 29.6 Å². The number of nitrogens with zero attached hydrogens (tertiary/aromatic N) is 2. The van der Waals surface area contributed by atoms with Crippen molar-refractivity contribution in [2.24, 2.45) is 0 Å². The molecule has 2 heterocycles. The van der Waals surface area contributed by atoms with Gasteiger partial charge in [-0.15, -0.1) is 0 Å². The molecule has 3 aromatic rings. The number of hydrogen-bond acceptors (Lipinski definition) is 4. The van der Waals surface area contributed by atoms with Crippen LogP contribution in [0.2, 0.25) is 0 Å². The molecule has 0 aliphatic rings. The SMILES string of the molecule is O=C(Nc1cnccc1CO)c1cc(F)cc2cccnc12. The Morgan fingerprint density at radius 3 is 2.95 bits per heavy atom. The average Bonchev–Trinajstić information content (AvgIpc) is 2.54. The molecule has 110 valence electrons. The summed E-state index contributed by atoms with van der Waals surface area (Å²) < 4.78 is 13.7. The van der Waals surface area contributed by atoms with Crippen molar-refractivity contribution in [3.63, 3.8) is 0 Å². The Labute approximate surface area is 125 Å². The number of benzene rings is 1. The monoisotopic (exact) mass is 297 g/mol. The molecule has 6 heteroatoms. The second-order valence-corrected chi connectivity index (χ2v) is 4.67. The number of aromatic nitrogens is 2. The van der Waals surface area contributed by atoms with Gasteiger partial charge in [-0.05, 0) is 24.3 Å². The predicted molar refractivity (Wildman–Crippen MR) is 79.8 cm³/mol. The highest BCUT2D eigenvalue weighted by atomic mass is 19.1. The summed E-state index contributed by atoms with van der Waals surface area (Å²) in [6.07, 6.45) is 4.49. The van der Waals surface area contributed by atoms with E-state index in [1.165, 1.54) is 18.5 Å². The summed E-state index contributed by atoms with van der Waals surface area (Å²) in [4.78, 5) is 20.5. The lowest BCUT2D eigenvalue weighted by molar-refractivity contribution is 0.102. The third-order valence-electron chi connectivity index (χ3n) is 3.24. The lowest BCUT2D eigenvalue weighted by Gasteiger charge is -2.10. The van der Waals surface area contributed by atoms with Gasteiger partial charge in [-0.2, -0.15) is 0 Å². The Kier molecular flexibility index (Phi) is 3.76. The van der Waals surface area contributed by atoms with Crippen molar-refractivity contribution in [3.8, 4) is 0 Å². The van der Waals surface area contributed by atoms with Crippen LogP contribution in [0.5, 0.6) is 0 Å². The van der Waals surface area contributed by atoms with Crippen LogP contribution in [-0.2, 0) is 6.61 Å². The third-order valence-corrected chi connectivity index (χ3v) is 3.24. The van der Waals surface area contributed by atoms with Crippen molar-refractivity contribution in [1.29, 1.82) is 0 Å². The molecule has 0 radical (unpaired) electrons. The molecular formula is C16H12FN3O2. The summed E-state index contributed by atoms with van der Waals surface area (Å²) in [5, 5.41) is 12.4. The van der Waals surface area contributed by atoms with Gasteiger partial charge in [-0.1, -0.05) is 6.07 Å². The first-order valence-corrected chi connectivity index (χ1v) is 6.58. The first kappa shape index (κ1) is 14.1. The second-order valence-electron chi connectivity index (χ2n) is 4.67. The molecule has 0 unspecified atom stereocenters. The van der Waals surface area contributed by atoms with Crippen LogP contribution < -0.4 is 5.32 Å². The van der Waals surface area contributed by atoms with Gasteiger partial charge < -0.3 is 10.4 Å². The Hall–Kier alpha value is -2.86. The van der Waals surface area contributed by atoms with Crippen molar-refractivity contribution in [1.82, 2.24) is 9.97 Å². The molecule has 0 aliphatic heterocycles. The molecule has 0 spiro atoms. The number of pyridine rings is 2. The molecule has 1 amide bonds. The first-order valence-electron chi connectivity index (χ1n) is 6.58.